The molecule has 5 heteroatoms. The van der Waals surface area contributed by atoms with Crippen LogP contribution < -0.4 is 0 Å². The number of alkyl halides is 1. The Morgan fingerprint density at radius 2 is 2.05 bits per heavy atom. The highest BCUT2D eigenvalue weighted by molar-refractivity contribution is 6.17. The molecule has 0 fully saturated rings. The monoisotopic (exact) mass is 297 g/mol. The Balaban J connectivity index is 2.30. The molecule has 110 valence electrons. The van der Waals surface area contributed by atoms with E-state index in [0.29, 0.717) is 17.8 Å². The fraction of sp³-hybridized carbons (Fsp3) is 0.533. The van der Waals surface area contributed by atoms with Gasteiger partial charge in [-0.25, -0.2) is 9.37 Å². The lowest BCUT2D eigenvalue weighted by atomic mass is 10.3. The van der Waals surface area contributed by atoms with Crippen molar-refractivity contribution in [1.29, 1.82) is 0 Å². The zero-order valence-electron chi connectivity index (χ0n) is 12.1. The van der Waals surface area contributed by atoms with Crippen LogP contribution in [0.2, 0.25) is 0 Å². The molecule has 0 aliphatic carbocycles. The molecule has 2 rings (SSSR count). The van der Waals surface area contributed by atoms with Gasteiger partial charge in [-0.1, -0.05) is 13.8 Å². The lowest BCUT2D eigenvalue weighted by molar-refractivity contribution is 0.290. The fourth-order valence-corrected chi connectivity index (χ4v) is 2.63. The highest BCUT2D eigenvalue weighted by atomic mass is 35.5. The standard InChI is InChI=1S/C15H21ClFN3/c1-3-19(4-2)9-10-20-14-6-5-12(17)11-13(14)18-15(20)7-8-16/h5-6,11H,3-4,7-10H2,1-2H3. The summed E-state index contributed by atoms with van der Waals surface area (Å²) >= 11 is 5.85. The minimum atomic E-state index is -0.247. The third-order valence-corrected chi connectivity index (χ3v) is 3.83. The Kier molecular flexibility index (Phi) is 5.38. The summed E-state index contributed by atoms with van der Waals surface area (Å²) in [6.07, 6.45) is 0.704. The Labute approximate surface area is 124 Å². The van der Waals surface area contributed by atoms with Crippen molar-refractivity contribution < 1.29 is 4.39 Å². The Morgan fingerprint density at radius 3 is 2.70 bits per heavy atom. The number of rotatable bonds is 7. The summed E-state index contributed by atoms with van der Waals surface area (Å²) in [6, 6.07) is 4.78. The third-order valence-electron chi connectivity index (χ3n) is 3.64. The summed E-state index contributed by atoms with van der Waals surface area (Å²) in [5, 5.41) is 0. The zero-order chi connectivity index (χ0) is 14.5. The number of aromatic nitrogens is 2. The summed E-state index contributed by atoms with van der Waals surface area (Å²) in [6.45, 7) is 8.20. The molecule has 1 heterocycles. The van der Waals surface area contributed by atoms with Crippen molar-refractivity contribution in [2.75, 3.05) is 25.5 Å². The van der Waals surface area contributed by atoms with E-state index in [4.69, 9.17) is 11.6 Å². The van der Waals surface area contributed by atoms with E-state index < -0.39 is 0 Å². The highest BCUT2D eigenvalue weighted by Crippen LogP contribution is 2.18. The van der Waals surface area contributed by atoms with E-state index in [1.165, 1.54) is 12.1 Å². The summed E-state index contributed by atoms with van der Waals surface area (Å²) in [5.74, 6) is 1.22. The van der Waals surface area contributed by atoms with Crippen molar-refractivity contribution in [2.45, 2.75) is 26.8 Å². The average molecular weight is 298 g/mol. The van der Waals surface area contributed by atoms with Gasteiger partial charge in [-0.05, 0) is 25.2 Å². The molecule has 0 radical (unpaired) electrons. The number of benzene rings is 1. The van der Waals surface area contributed by atoms with E-state index in [0.717, 1.165) is 37.5 Å². The molecule has 0 bridgehead atoms. The predicted molar refractivity (Wildman–Crippen MR) is 81.9 cm³/mol. The van der Waals surface area contributed by atoms with E-state index in [1.807, 2.05) is 0 Å². The summed E-state index contributed by atoms with van der Waals surface area (Å²) in [4.78, 5) is 6.87. The Morgan fingerprint density at radius 1 is 1.30 bits per heavy atom. The van der Waals surface area contributed by atoms with Gasteiger partial charge in [0.1, 0.15) is 11.6 Å². The first kappa shape index (κ1) is 15.3. The van der Waals surface area contributed by atoms with E-state index in [9.17, 15) is 4.39 Å². The topological polar surface area (TPSA) is 21.1 Å². The van der Waals surface area contributed by atoms with Gasteiger partial charge in [-0.15, -0.1) is 11.6 Å². The lowest BCUT2D eigenvalue weighted by Gasteiger charge is -2.19. The number of hydrogen-bond donors (Lipinski definition) is 0. The number of nitrogens with zero attached hydrogens (tertiary/aromatic N) is 3. The van der Waals surface area contributed by atoms with Gasteiger partial charge in [0.2, 0.25) is 0 Å². The van der Waals surface area contributed by atoms with Crippen LogP contribution >= 0.6 is 11.6 Å². The van der Waals surface area contributed by atoms with E-state index in [2.05, 4.69) is 28.3 Å². The van der Waals surface area contributed by atoms with Gasteiger partial charge in [-0.3, -0.25) is 0 Å². The first-order valence-corrected chi connectivity index (χ1v) is 7.66. The maximum Gasteiger partial charge on any atom is 0.125 e. The van der Waals surface area contributed by atoms with Crippen LogP contribution in [0.5, 0.6) is 0 Å². The van der Waals surface area contributed by atoms with Crippen LogP contribution in [0.1, 0.15) is 19.7 Å². The van der Waals surface area contributed by atoms with E-state index >= 15 is 0 Å². The maximum atomic E-state index is 13.3. The van der Waals surface area contributed by atoms with Crippen molar-refractivity contribution in [1.82, 2.24) is 14.5 Å². The van der Waals surface area contributed by atoms with E-state index in [-0.39, 0.29) is 5.82 Å². The van der Waals surface area contributed by atoms with Crippen LogP contribution in [0.3, 0.4) is 0 Å². The quantitative estimate of drug-likeness (QED) is 0.731. The number of likely N-dealkylation sites (N-methyl/N-ethyl adjacent to an activating group) is 1. The molecule has 0 aliphatic rings. The van der Waals surface area contributed by atoms with Gasteiger partial charge in [0.05, 0.1) is 11.0 Å². The van der Waals surface area contributed by atoms with Crippen LogP contribution in [-0.2, 0) is 13.0 Å². The SMILES string of the molecule is CCN(CC)CCn1c(CCCl)nc2cc(F)ccc21. The number of imidazole rings is 1. The first-order chi connectivity index (χ1) is 9.69. The van der Waals surface area contributed by atoms with Crippen LogP contribution in [0.4, 0.5) is 4.39 Å². The van der Waals surface area contributed by atoms with Gasteiger partial charge in [0.15, 0.2) is 0 Å². The van der Waals surface area contributed by atoms with Gasteiger partial charge in [0.25, 0.3) is 0 Å². The molecule has 0 amide bonds. The minimum absolute atomic E-state index is 0.247. The number of aryl methyl sites for hydroxylation is 1. The molecule has 0 spiro atoms. The van der Waals surface area contributed by atoms with E-state index in [1.54, 1.807) is 6.07 Å². The lowest BCUT2D eigenvalue weighted by Crippen LogP contribution is -2.27. The molecule has 0 N–H and O–H groups in total. The normalized spacial score (nSPS) is 11.7. The first-order valence-electron chi connectivity index (χ1n) is 7.12. The molecule has 20 heavy (non-hydrogen) atoms. The maximum absolute atomic E-state index is 13.3. The van der Waals surface area contributed by atoms with Crippen LogP contribution in [0.15, 0.2) is 18.2 Å². The third kappa shape index (κ3) is 3.30. The highest BCUT2D eigenvalue weighted by Gasteiger charge is 2.11. The second kappa shape index (κ2) is 7.04. The van der Waals surface area contributed by atoms with Crippen LogP contribution in [-0.4, -0.2) is 40.0 Å². The largest absolute Gasteiger partial charge is 0.327 e. The molecular weight excluding hydrogens is 277 g/mol. The van der Waals surface area contributed by atoms with Crippen molar-refractivity contribution in [3.05, 3.63) is 29.8 Å². The summed E-state index contributed by atoms with van der Waals surface area (Å²) in [5.41, 5.74) is 1.70. The molecule has 0 aliphatic heterocycles. The average Bonchev–Trinajstić information content (AvgIpc) is 2.77. The molecule has 0 unspecified atom stereocenters. The van der Waals surface area contributed by atoms with Gasteiger partial charge in [-0.2, -0.15) is 0 Å². The number of hydrogen-bond acceptors (Lipinski definition) is 2. The molecule has 0 saturated carbocycles. The van der Waals surface area contributed by atoms with Crippen molar-refractivity contribution in [3.8, 4) is 0 Å². The van der Waals surface area contributed by atoms with Gasteiger partial charge < -0.3 is 9.47 Å². The number of halogens is 2. The molecular formula is C15H21ClFN3. The summed E-state index contributed by atoms with van der Waals surface area (Å²) < 4.78 is 15.5. The second-order valence-electron chi connectivity index (χ2n) is 4.78. The minimum Gasteiger partial charge on any atom is -0.327 e. The van der Waals surface area contributed by atoms with Crippen LogP contribution in [0.25, 0.3) is 11.0 Å². The van der Waals surface area contributed by atoms with Crippen molar-refractivity contribution >= 4 is 22.6 Å². The van der Waals surface area contributed by atoms with Crippen LogP contribution in [0, 0.1) is 5.82 Å². The van der Waals surface area contributed by atoms with Gasteiger partial charge >= 0.3 is 0 Å². The zero-order valence-corrected chi connectivity index (χ0v) is 12.8. The molecule has 0 saturated heterocycles. The van der Waals surface area contributed by atoms with Crippen molar-refractivity contribution in [3.63, 3.8) is 0 Å². The molecule has 0 atom stereocenters. The van der Waals surface area contributed by atoms with Gasteiger partial charge in [0, 0.05) is 31.5 Å². The van der Waals surface area contributed by atoms with Crippen molar-refractivity contribution in [2.24, 2.45) is 0 Å². The molecule has 3 nitrogen and oxygen atoms in total. The molecule has 1 aromatic carbocycles. The predicted octanol–water partition coefficient (Wildman–Crippen LogP) is 3.30. The molecule has 1 aromatic heterocycles. The Bertz CT molecular complexity index is 563. The second-order valence-corrected chi connectivity index (χ2v) is 5.16. The summed E-state index contributed by atoms with van der Waals surface area (Å²) in [7, 11) is 0. The number of fused-ring (bicyclic) bond motifs is 1. The molecule has 2 aromatic rings. The Hall–Kier alpha value is -1.13. The smallest absolute Gasteiger partial charge is 0.125 e. The fourth-order valence-electron chi connectivity index (χ4n) is 2.46.